The molecule has 2 heterocycles. The van der Waals surface area contributed by atoms with E-state index in [1.807, 2.05) is 29.9 Å². The van der Waals surface area contributed by atoms with Crippen LogP contribution >= 0.6 is 11.6 Å². The monoisotopic (exact) mass is 275 g/mol. The van der Waals surface area contributed by atoms with Gasteiger partial charge in [-0.2, -0.15) is 5.10 Å². The van der Waals surface area contributed by atoms with Crippen LogP contribution in [0.1, 0.15) is 10.5 Å². The fourth-order valence-electron chi connectivity index (χ4n) is 2.16. The molecule has 0 aliphatic carbocycles. The van der Waals surface area contributed by atoms with Crippen LogP contribution in [0.25, 0.3) is 22.2 Å². The average molecular weight is 276 g/mol. The maximum absolute atomic E-state index is 10.9. The molecule has 0 radical (unpaired) electrons. The van der Waals surface area contributed by atoms with Gasteiger partial charge in [-0.3, -0.25) is 5.10 Å². The molecule has 0 fully saturated rings. The van der Waals surface area contributed by atoms with Crippen LogP contribution in [0.5, 0.6) is 0 Å². The number of halogens is 1. The molecular formula is C13H10ClN3O2. The lowest BCUT2D eigenvalue weighted by molar-refractivity contribution is 0.0690. The van der Waals surface area contributed by atoms with E-state index in [1.54, 1.807) is 6.07 Å². The zero-order chi connectivity index (χ0) is 13.6. The summed E-state index contributed by atoms with van der Waals surface area (Å²) in [5.74, 6) is -1.04. The highest BCUT2D eigenvalue weighted by Crippen LogP contribution is 2.34. The van der Waals surface area contributed by atoms with Gasteiger partial charge in [0.25, 0.3) is 0 Å². The largest absolute Gasteiger partial charge is 0.477 e. The number of nitrogens with zero attached hydrogens (tertiary/aromatic N) is 2. The average Bonchev–Trinajstić information content (AvgIpc) is 2.95. The Bertz CT molecular complexity index is 788. The second-order valence-electron chi connectivity index (χ2n) is 4.26. The number of rotatable bonds is 2. The second kappa shape index (κ2) is 4.13. The number of carboxylic acids is 1. The van der Waals surface area contributed by atoms with Crippen LogP contribution in [0.2, 0.25) is 5.02 Å². The number of aromatic nitrogens is 3. The Morgan fingerprint density at radius 2 is 2.26 bits per heavy atom. The molecule has 0 bridgehead atoms. The number of hydrogen-bond donors (Lipinski definition) is 2. The summed E-state index contributed by atoms with van der Waals surface area (Å²) in [6.07, 6.45) is 1.89. The van der Waals surface area contributed by atoms with E-state index >= 15 is 0 Å². The van der Waals surface area contributed by atoms with Crippen molar-refractivity contribution in [1.82, 2.24) is 14.8 Å². The maximum atomic E-state index is 10.9. The summed E-state index contributed by atoms with van der Waals surface area (Å²) in [7, 11) is 1.91. The first kappa shape index (κ1) is 11.8. The molecule has 0 unspecified atom stereocenters. The maximum Gasteiger partial charge on any atom is 0.353 e. The molecule has 5 nitrogen and oxygen atoms in total. The van der Waals surface area contributed by atoms with Crippen molar-refractivity contribution in [1.29, 1.82) is 0 Å². The van der Waals surface area contributed by atoms with Crippen molar-refractivity contribution < 1.29 is 9.90 Å². The van der Waals surface area contributed by atoms with Gasteiger partial charge in [0.2, 0.25) is 0 Å². The van der Waals surface area contributed by atoms with Gasteiger partial charge in [0.05, 0.1) is 10.7 Å². The van der Waals surface area contributed by atoms with Gasteiger partial charge in [-0.15, -0.1) is 0 Å². The molecule has 0 atom stereocenters. The molecular weight excluding hydrogens is 266 g/mol. The number of aromatic amines is 1. The third-order valence-corrected chi connectivity index (χ3v) is 3.36. The number of H-pyrrole nitrogens is 1. The fourth-order valence-corrected chi connectivity index (χ4v) is 2.44. The molecule has 2 N–H and O–H groups in total. The van der Waals surface area contributed by atoms with E-state index in [-0.39, 0.29) is 5.69 Å². The minimum absolute atomic E-state index is 0.0547. The first-order valence-electron chi connectivity index (χ1n) is 5.60. The van der Waals surface area contributed by atoms with Gasteiger partial charge in [0.1, 0.15) is 5.69 Å². The van der Waals surface area contributed by atoms with Gasteiger partial charge in [0, 0.05) is 29.7 Å². The van der Waals surface area contributed by atoms with Crippen molar-refractivity contribution in [2.75, 3.05) is 0 Å². The van der Waals surface area contributed by atoms with Gasteiger partial charge in [-0.25, -0.2) is 4.79 Å². The van der Waals surface area contributed by atoms with E-state index in [1.165, 1.54) is 6.07 Å². The Labute approximate surface area is 113 Å². The Balaban J connectivity index is 2.27. The van der Waals surface area contributed by atoms with Crippen LogP contribution in [-0.4, -0.2) is 25.8 Å². The van der Waals surface area contributed by atoms with Gasteiger partial charge in [0.15, 0.2) is 0 Å². The lowest BCUT2D eigenvalue weighted by Gasteiger charge is -1.97. The standard InChI is InChI=1S/C13H10ClN3O2/c1-17-6-7(9-5-10(13(18)19)16-15-9)12-8(14)3-2-4-11(12)17/h2-6H,1H3,(H,15,16)(H,18,19). The summed E-state index contributed by atoms with van der Waals surface area (Å²) in [6, 6.07) is 7.13. The molecule has 0 spiro atoms. The van der Waals surface area contributed by atoms with Crippen molar-refractivity contribution >= 4 is 28.5 Å². The van der Waals surface area contributed by atoms with Crippen molar-refractivity contribution in [3.8, 4) is 11.3 Å². The van der Waals surface area contributed by atoms with E-state index < -0.39 is 5.97 Å². The first-order valence-corrected chi connectivity index (χ1v) is 5.98. The minimum Gasteiger partial charge on any atom is -0.477 e. The van der Waals surface area contributed by atoms with Crippen LogP contribution in [0.3, 0.4) is 0 Å². The number of aryl methyl sites for hydroxylation is 1. The smallest absolute Gasteiger partial charge is 0.353 e. The quantitative estimate of drug-likeness (QED) is 0.755. The molecule has 0 aliphatic rings. The second-order valence-corrected chi connectivity index (χ2v) is 4.67. The number of benzene rings is 1. The molecule has 0 saturated carbocycles. The predicted molar refractivity (Wildman–Crippen MR) is 72.5 cm³/mol. The summed E-state index contributed by atoms with van der Waals surface area (Å²) < 4.78 is 1.94. The van der Waals surface area contributed by atoms with E-state index in [0.29, 0.717) is 10.7 Å². The van der Waals surface area contributed by atoms with Crippen molar-refractivity contribution in [2.45, 2.75) is 0 Å². The Hall–Kier alpha value is -2.27. The van der Waals surface area contributed by atoms with Crippen molar-refractivity contribution in [2.24, 2.45) is 7.05 Å². The predicted octanol–water partition coefficient (Wildman–Crippen LogP) is 2.92. The lowest BCUT2D eigenvalue weighted by atomic mass is 10.1. The van der Waals surface area contributed by atoms with Gasteiger partial charge in [-0.05, 0) is 18.2 Å². The number of aromatic carboxylic acids is 1. The highest BCUT2D eigenvalue weighted by Gasteiger charge is 2.15. The van der Waals surface area contributed by atoms with Crippen LogP contribution in [0.4, 0.5) is 0 Å². The van der Waals surface area contributed by atoms with Crippen LogP contribution in [0, 0.1) is 0 Å². The van der Waals surface area contributed by atoms with E-state index in [9.17, 15) is 4.79 Å². The molecule has 0 aliphatic heterocycles. The summed E-state index contributed by atoms with van der Waals surface area (Å²) in [6.45, 7) is 0. The van der Waals surface area contributed by atoms with E-state index in [4.69, 9.17) is 16.7 Å². The number of fused-ring (bicyclic) bond motifs is 1. The molecule has 2 aromatic heterocycles. The van der Waals surface area contributed by atoms with Gasteiger partial charge in [-0.1, -0.05) is 17.7 Å². The van der Waals surface area contributed by atoms with Crippen LogP contribution in [-0.2, 0) is 7.05 Å². The molecule has 96 valence electrons. The van der Waals surface area contributed by atoms with Gasteiger partial charge >= 0.3 is 5.97 Å². The molecule has 3 rings (SSSR count). The molecule has 6 heteroatoms. The van der Waals surface area contributed by atoms with Crippen LogP contribution < -0.4 is 0 Å². The minimum atomic E-state index is -1.04. The van der Waals surface area contributed by atoms with Crippen molar-refractivity contribution in [3.63, 3.8) is 0 Å². The lowest BCUT2D eigenvalue weighted by Crippen LogP contribution is -1.95. The summed E-state index contributed by atoms with van der Waals surface area (Å²) >= 11 is 6.23. The number of hydrogen-bond acceptors (Lipinski definition) is 2. The van der Waals surface area contributed by atoms with E-state index in [0.717, 1.165) is 16.5 Å². The van der Waals surface area contributed by atoms with Gasteiger partial charge < -0.3 is 9.67 Å². The Morgan fingerprint density at radius 3 is 2.95 bits per heavy atom. The Morgan fingerprint density at radius 1 is 1.47 bits per heavy atom. The normalized spacial score (nSPS) is 11.1. The fraction of sp³-hybridized carbons (Fsp3) is 0.0769. The topological polar surface area (TPSA) is 70.9 Å². The Kier molecular flexibility index (Phi) is 2.57. The summed E-state index contributed by atoms with van der Waals surface area (Å²) in [4.78, 5) is 10.9. The van der Waals surface area contributed by atoms with Crippen molar-refractivity contribution in [3.05, 3.63) is 41.2 Å². The number of carbonyl (C=O) groups is 1. The highest BCUT2D eigenvalue weighted by atomic mass is 35.5. The zero-order valence-corrected chi connectivity index (χ0v) is 10.8. The number of nitrogens with one attached hydrogen (secondary N) is 1. The number of carboxylic acid groups (broad SMARTS) is 1. The molecule has 1 aromatic carbocycles. The van der Waals surface area contributed by atoms with Crippen LogP contribution in [0.15, 0.2) is 30.5 Å². The SMILES string of the molecule is Cn1cc(-c2cc(C(=O)O)[nH]n2)c2c(Cl)cccc21. The molecule has 0 amide bonds. The third kappa shape index (κ3) is 1.79. The molecule has 3 aromatic rings. The van der Waals surface area contributed by atoms with E-state index in [2.05, 4.69) is 10.2 Å². The first-order chi connectivity index (χ1) is 9.08. The third-order valence-electron chi connectivity index (χ3n) is 3.05. The summed E-state index contributed by atoms with van der Waals surface area (Å²) in [5.41, 5.74) is 2.41. The zero-order valence-electron chi connectivity index (χ0n) is 10.0. The molecule has 19 heavy (non-hydrogen) atoms. The summed E-state index contributed by atoms with van der Waals surface area (Å²) in [5, 5.41) is 16.9. The highest BCUT2D eigenvalue weighted by molar-refractivity contribution is 6.36. The molecule has 0 saturated heterocycles.